The fraction of sp³-hybridized carbons (Fsp3) is 0.462. The fourth-order valence-corrected chi connectivity index (χ4v) is 4.99. The second-order valence-corrected chi connectivity index (χ2v) is 11.6. The van der Waals surface area contributed by atoms with Gasteiger partial charge in [-0.05, 0) is 56.5 Å². The SMILES string of the molecule is CC[C@H](C)NC(=O)[C@@H](C)N(Cc1ccc(Cl)c(Cl)c1)C(=O)CCCN(c1ccccc1OC)S(C)(=O)=O. The molecule has 0 heterocycles. The van der Waals surface area contributed by atoms with Crippen molar-refractivity contribution >= 4 is 50.7 Å². The minimum atomic E-state index is -3.64. The van der Waals surface area contributed by atoms with Crippen LogP contribution in [0.1, 0.15) is 45.6 Å². The van der Waals surface area contributed by atoms with Crippen LogP contribution < -0.4 is 14.4 Å². The number of para-hydroxylation sites is 2. The van der Waals surface area contributed by atoms with E-state index in [1.54, 1.807) is 49.4 Å². The van der Waals surface area contributed by atoms with Gasteiger partial charge in [-0.25, -0.2) is 8.42 Å². The van der Waals surface area contributed by atoms with Gasteiger partial charge in [0, 0.05) is 25.6 Å². The van der Waals surface area contributed by atoms with Crippen LogP contribution in [0.4, 0.5) is 5.69 Å². The lowest BCUT2D eigenvalue weighted by Crippen LogP contribution is -2.49. The summed E-state index contributed by atoms with van der Waals surface area (Å²) >= 11 is 12.2. The number of carbonyl (C=O) groups is 2. The molecule has 0 aliphatic heterocycles. The van der Waals surface area contributed by atoms with Crippen LogP contribution in [0.2, 0.25) is 10.0 Å². The summed E-state index contributed by atoms with van der Waals surface area (Å²) in [5.74, 6) is -0.142. The van der Waals surface area contributed by atoms with Gasteiger partial charge in [-0.3, -0.25) is 13.9 Å². The first-order valence-electron chi connectivity index (χ1n) is 12.0. The predicted molar refractivity (Wildman–Crippen MR) is 149 cm³/mol. The van der Waals surface area contributed by atoms with Crippen molar-refractivity contribution in [2.75, 3.05) is 24.2 Å². The zero-order valence-electron chi connectivity index (χ0n) is 21.8. The van der Waals surface area contributed by atoms with Gasteiger partial charge in [-0.15, -0.1) is 0 Å². The Morgan fingerprint density at radius 2 is 1.76 bits per heavy atom. The maximum absolute atomic E-state index is 13.4. The van der Waals surface area contributed by atoms with Gasteiger partial charge in [0.25, 0.3) is 0 Å². The number of nitrogens with zero attached hydrogens (tertiary/aromatic N) is 2. The minimum Gasteiger partial charge on any atom is -0.495 e. The van der Waals surface area contributed by atoms with E-state index in [1.807, 2.05) is 13.8 Å². The molecule has 0 bridgehead atoms. The third-order valence-corrected chi connectivity index (χ3v) is 7.93. The van der Waals surface area contributed by atoms with Crippen molar-refractivity contribution < 1.29 is 22.7 Å². The minimum absolute atomic E-state index is 0.0312. The van der Waals surface area contributed by atoms with Crippen LogP contribution >= 0.6 is 23.2 Å². The van der Waals surface area contributed by atoms with Crippen molar-refractivity contribution in [3.05, 3.63) is 58.1 Å². The Bertz CT molecular complexity index is 1190. The summed E-state index contributed by atoms with van der Waals surface area (Å²) in [6, 6.07) is 11.1. The van der Waals surface area contributed by atoms with E-state index in [0.29, 0.717) is 21.5 Å². The van der Waals surface area contributed by atoms with E-state index in [-0.39, 0.29) is 43.8 Å². The van der Waals surface area contributed by atoms with E-state index in [1.165, 1.54) is 16.3 Å². The van der Waals surface area contributed by atoms with Crippen molar-refractivity contribution in [3.63, 3.8) is 0 Å². The van der Waals surface area contributed by atoms with Gasteiger partial charge in [0.2, 0.25) is 21.8 Å². The highest BCUT2D eigenvalue weighted by Crippen LogP contribution is 2.30. The van der Waals surface area contributed by atoms with Gasteiger partial charge >= 0.3 is 0 Å². The first kappa shape index (κ1) is 30.7. The molecule has 2 aromatic carbocycles. The van der Waals surface area contributed by atoms with E-state index >= 15 is 0 Å². The van der Waals surface area contributed by atoms with Crippen LogP contribution in [-0.2, 0) is 26.2 Å². The lowest BCUT2D eigenvalue weighted by molar-refractivity contribution is -0.140. The molecule has 1 N–H and O–H groups in total. The average Bonchev–Trinajstić information content (AvgIpc) is 2.85. The number of carbonyl (C=O) groups excluding carboxylic acids is 2. The molecule has 0 radical (unpaired) electrons. The summed E-state index contributed by atoms with van der Waals surface area (Å²) in [5.41, 5.74) is 1.12. The summed E-state index contributed by atoms with van der Waals surface area (Å²) in [6.45, 7) is 5.74. The zero-order chi connectivity index (χ0) is 27.8. The Morgan fingerprint density at radius 3 is 2.35 bits per heavy atom. The van der Waals surface area contributed by atoms with Crippen LogP contribution in [0.25, 0.3) is 0 Å². The van der Waals surface area contributed by atoms with Crippen molar-refractivity contribution in [2.45, 2.75) is 58.7 Å². The predicted octanol–water partition coefficient (Wildman–Crippen LogP) is 4.88. The molecule has 37 heavy (non-hydrogen) atoms. The Hall–Kier alpha value is -2.49. The number of halogens is 2. The number of hydrogen-bond acceptors (Lipinski definition) is 5. The second-order valence-electron chi connectivity index (χ2n) is 8.87. The molecular weight excluding hydrogens is 537 g/mol. The molecule has 11 heteroatoms. The van der Waals surface area contributed by atoms with Crippen molar-refractivity contribution in [2.24, 2.45) is 0 Å². The number of rotatable bonds is 13. The summed E-state index contributed by atoms with van der Waals surface area (Å²) in [7, 11) is -2.17. The molecular formula is C26H35Cl2N3O5S. The Balaban J connectivity index is 2.23. The van der Waals surface area contributed by atoms with Crippen LogP contribution in [0.3, 0.4) is 0 Å². The molecule has 2 aromatic rings. The molecule has 0 saturated carbocycles. The van der Waals surface area contributed by atoms with Gasteiger partial charge in [0.05, 0.1) is 29.1 Å². The maximum atomic E-state index is 13.4. The first-order valence-corrected chi connectivity index (χ1v) is 14.6. The molecule has 0 aliphatic carbocycles. The van der Waals surface area contributed by atoms with Crippen molar-refractivity contribution in [1.82, 2.24) is 10.2 Å². The van der Waals surface area contributed by atoms with E-state index < -0.39 is 16.1 Å². The quantitative estimate of drug-likeness (QED) is 0.369. The maximum Gasteiger partial charge on any atom is 0.242 e. The molecule has 0 aliphatic rings. The molecule has 204 valence electrons. The van der Waals surface area contributed by atoms with Gasteiger partial charge in [-0.1, -0.05) is 48.3 Å². The summed E-state index contributed by atoms with van der Waals surface area (Å²) < 4.78 is 31.6. The van der Waals surface area contributed by atoms with Gasteiger partial charge in [0.1, 0.15) is 11.8 Å². The summed E-state index contributed by atoms with van der Waals surface area (Å²) in [6.07, 6.45) is 2.13. The highest BCUT2D eigenvalue weighted by molar-refractivity contribution is 7.92. The summed E-state index contributed by atoms with van der Waals surface area (Å²) in [4.78, 5) is 27.7. The number of nitrogens with one attached hydrogen (secondary N) is 1. The number of amides is 2. The molecule has 8 nitrogen and oxygen atoms in total. The molecule has 2 rings (SSSR count). The first-order chi connectivity index (χ1) is 17.4. The zero-order valence-corrected chi connectivity index (χ0v) is 24.2. The largest absolute Gasteiger partial charge is 0.495 e. The van der Waals surface area contributed by atoms with E-state index in [9.17, 15) is 18.0 Å². The average molecular weight is 573 g/mol. The molecule has 0 unspecified atom stereocenters. The smallest absolute Gasteiger partial charge is 0.242 e. The third kappa shape index (κ3) is 8.79. The second kappa shape index (κ2) is 13.9. The van der Waals surface area contributed by atoms with Gasteiger partial charge < -0.3 is 15.0 Å². The van der Waals surface area contributed by atoms with Crippen LogP contribution in [0.5, 0.6) is 5.75 Å². The van der Waals surface area contributed by atoms with Crippen LogP contribution in [0.15, 0.2) is 42.5 Å². The molecule has 0 saturated heterocycles. The number of methoxy groups -OCH3 is 1. The van der Waals surface area contributed by atoms with E-state index in [2.05, 4.69) is 5.32 Å². The molecule has 0 spiro atoms. The van der Waals surface area contributed by atoms with Crippen LogP contribution in [-0.4, -0.2) is 57.1 Å². The van der Waals surface area contributed by atoms with Crippen LogP contribution in [0, 0.1) is 0 Å². The standard InChI is InChI=1S/C26H35Cl2N3O5S/c1-6-18(2)29-26(33)19(3)30(17-20-13-14-21(27)22(28)16-20)25(32)12-9-15-31(37(5,34)35)23-10-7-8-11-24(23)36-4/h7-8,10-11,13-14,16,18-19H,6,9,12,15,17H2,1-5H3,(H,29,33)/t18-,19+/m0/s1. The fourth-order valence-electron chi connectivity index (χ4n) is 3.70. The van der Waals surface area contributed by atoms with E-state index in [0.717, 1.165) is 18.2 Å². The van der Waals surface area contributed by atoms with Gasteiger partial charge in [-0.2, -0.15) is 0 Å². The summed E-state index contributed by atoms with van der Waals surface area (Å²) in [5, 5.41) is 3.66. The lowest BCUT2D eigenvalue weighted by atomic mass is 10.1. The molecule has 2 atom stereocenters. The Morgan fingerprint density at radius 1 is 1.08 bits per heavy atom. The van der Waals surface area contributed by atoms with E-state index in [4.69, 9.17) is 27.9 Å². The normalized spacial score (nSPS) is 12.9. The van der Waals surface area contributed by atoms with Gasteiger partial charge in [0.15, 0.2) is 0 Å². The number of ether oxygens (including phenoxy) is 1. The monoisotopic (exact) mass is 571 g/mol. The van der Waals surface area contributed by atoms with Crippen molar-refractivity contribution in [1.29, 1.82) is 0 Å². The number of benzene rings is 2. The number of hydrogen-bond donors (Lipinski definition) is 1. The molecule has 0 fully saturated rings. The molecule has 0 aromatic heterocycles. The molecule has 2 amide bonds. The highest BCUT2D eigenvalue weighted by Gasteiger charge is 2.28. The lowest BCUT2D eigenvalue weighted by Gasteiger charge is -2.30. The Labute approximate surface area is 229 Å². The third-order valence-electron chi connectivity index (χ3n) is 6.01. The number of anilines is 1. The van der Waals surface area contributed by atoms with Crippen molar-refractivity contribution in [3.8, 4) is 5.75 Å². The number of sulfonamides is 1. The Kier molecular flexibility index (Phi) is 11.5. The topological polar surface area (TPSA) is 96.0 Å². The highest BCUT2D eigenvalue weighted by atomic mass is 35.5.